The number of aromatic nitrogens is 1. The summed E-state index contributed by atoms with van der Waals surface area (Å²) in [4.78, 5) is 19.0. The van der Waals surface area contributed by atoms with Gasteiger partial charge in [-0.25, -0.2) is 4.98 Å². The Balaban J connectivity index is 1.86. The second-order valence-electron chi connectivity index (χ2n) is 6.73. The van der Waals surface area contributed by atoms with Crippen molar-refractivity contribution in [2.75, 3.05) is 20.8 Å². The Morgan fingerprint density at radius 3 is 2.27 bits per heavy atom. The number of hydrogen-bond donors (Lipinski definition) is 0. The fourth-order valence-corrected chi connectivity index (χ4v) is 3.11. The third-order valence-corrected chi connectivity index (χ3v) is 4.71. The molecule has 0 bridgehead atoms. The molecule has 0 saturated carbocycles. The van der Waals surface area contributed by atoms with Crippen LogP contribution in [-0.2, 0) is 13.0 Å². The summed E-state index contributed by atoms with van der Waals surface area (Å²) in [6.07, 6.45) is 2.17. The molecule has 0 spiro atoms. The lowest BCUT2D eigenvalue weighted by atomic mass is 10.1. The lowest BCUT2D eigenvalue weighted by Crippen LogP contribution is -2.32. The molecule has 3 aromatic rings. The molecule has 0 aliphatic rings. The average Bonchev–Trinajstić information content (AvgIpc) is 2.81. The van der Waals surface area contributed by atoms with Gasteiger partial charge in [-0.1, -0.05) is 30.3 Å². The lowest BCUT2D eigenvalue weighted by molar-refractivity contribution is 0.0744. The molecular weight excluding hydrogens is 378 g/mol. The fourth-order valence-electron chi connectivity index (χ4n) is 3.11. The number of carbonyl (C=O) groups is 1. The molecule has 152 valence electrons. The van der Waals surface area contributed by atoms with Gasteiger partial charge in [-0.15, -0.1) is 0 Å². The van der Waals surface area contributed by atoms with E-state index in [0.717, 1.165) is 17.5 Å². The van der Waals surface area contributed by atoms with E-state index in [9.17, 15) is 4.79 Å². The normalized spacial score (nSPS) is 10.2. The van der Waals surface area contributed by atoms with Crippen LogP contribution in [0.4, 0.5) is 0 Å². The molecule has 6 nitrogen and oxygen atoms in total. The number of rotatable bonds is 8. The van der Waals surface area contributed by atoms with Crippen molar-refractivity contribution in [1.29, 1.82) is 5.26 Å². The van der Waals surface area contributed by atoms with Crippen LogP contribution in [0, 0.1) is 11.3 Å². The quantitative estimate of drug-likeness (QED) is 0.573. The van der Waals surface area contributed by atoms with Gasteiger partial charge in [-0.05, 0) is 41.8 Å². The van der Waals surface area contributed by atoms with Crippen molar-refractivity contribution in [1.82, 2.24) is 9.88 Å². The van der Waals surface area contributed by atoms with Gasteiger partial charge in [-0.3, -0.25) is 4.79 Å². The van der Waals surface area contributed by atoms with Gasteiger partial charge in [0.25, 0.3) is 5.91 Å². The van der Waals surface area contributed by atoms with Crippen molar-refractivity contribution in [3.63, 3.8) is 0 Å². The number of benzene rings is 2. The van der Waals surface area contributed by atoms with Crippen molar-refractivity contribution < 1.29 is 14.3 Å². The Kier molecular flexibility index (Phi) is 7.01. The highest BCUT2D eigenvalue weighted by atomic mass is 16.5. The summed E-state index contributed by atoms with van der Waals surface area (Å²) < 4.78 is 10.7. The first-order valence-corrected chi connectivity index (χ1v) is 9.54. The number of hydrogen-bond acceptors (Lipinski definition) is 5. The lowest BCUT2D eigenvalue weighted by Gasteiger charge is -2.23. The molecule has 1 amide bonds. The van der Waals surface area contributed by atoms with Gasteiger partial charge in [0, 0.05) is 25.4 Å². The molecule has 0 aliphatic carbocycles. The van der Waals surface area contributed by atoms with Gasteiger partial charge in [0.05, 0.1) is 19.8 Å². The maximum absolute atomic E-state index is 13.2. The van der Waals surface area contributed by atoms with Gasteiger partial charge in [0.1, 0.15) is 23.3 Å². The Hall–Kier alpha value is -3.85. The molecule has 0 atom stereocenters. The SMILES string of the molecule is COc1cc(CN(CCc2ccccc2)C(=O)c2ccc(C#N)nc2)cc(OC)c1. The van der Waals surface area contributed by atoms with E-state index in [2.05, 4.69) is 4.98 Å². The van der Waals surface area contributed by atoms with Gasteiger partial charge < -0.3 is 14.4 Å². The maximum Gasteiger partial charge on any atom is 0.255 e. The summed E-state index contributed by atoms with van der Waals surface area (Å²) >= 11 is 0. The van der Waals surface area contributed by atoms with Crippen molar-refractivity contribution in [3.05, 3.63) is 89.2 Å². The zero-order valence-corrected chi connectivity index (χ0v) is 17.0. The van der Waals surface area contributed by atoms with Crippen LogP contribution in [0.1, 0.15) is 27.2 Å². The van der Waals surface area contributed by atoms with E-state index in [-0.39, 0.29) is 11.6 Å². The predicted octanol–water partition coefficient (Wildman–Crippen LogP) is 3.86. The molecule has 1 aromatic heterocycles. The van der Waals surface area contributed by atoms with Crippen LogP contribution in [0.15, 0.2) is 66.9 Å². The summed E-state index contributed by atoms with van der Waals surface area (Å²) in [5, 5.41) is 8.95. The second kappa shape index (κ2) is 10.1. The van der Waals surface area contributed by atoms with E-state index < -0.39 is 0 Å². The molecule has 1 heterocycles. The van der Waals surface area contributed by atoms with E-state index >= 15 is 0 Å². The van der Waals surface area contributed by atoms with Gasteiger partial charge in [-0.2, -0.15) is 5.26 Å². The molecule has 0 saturated heterocycles. The van der Waals surface area contributed by atoms with Crippen LogP contribution < -0.4 is 9.47 Å². The summed E-state index contributed by atoms with van der Waals surface area (Å²) in [5.41, 5.74) is 2.77. The zero-order chi connectivity index (χ0) is 21.3. The third-order valence-electron chi connectivity index (χ3n) is 4.71. The molecule has 0 unspecified atom stereocenters. The summed E-state index contributed by atoms with van der Waals surface area (Å²) in [5.74, 6) is 1.18. The van der Waals surface area contributed by atoms with Gasteiger partial charge in [0.15, 0.2) is 0 Å². The molecule has 30 heavy (non-hydrogen) atoms. The Labute approximate surface area is 176 Å². The Bertz CT molecular complexity index is 1010. The number of nitriles is 1. The molecular formula is C24H23N3O3. The highest BCUT2D eigenvalue weighted by molar-refractivity contribution is 5.94. The smallest absolute Gasteiger partial charge is 0.255 e. The minimum Gasteiger partial charge on any atom is -0.497 e. The molecule has 0 fully saturated rings. The topological polar surface area (TPSA) is 75.5 Å². The summed E-state index contributed by atoms with van der Waals surface area (Å²) in [6.45, 7) is 0.918. The van der Waals surface area contributed by atoms with Crippen LogP contribution >= 0.6 is 0 Å². The number of nitrogens with zero attached hydrogens (tertiary/aromatic N) is 3. The third kappa shape index (κ3) is 5.36. The Morgan fingerprint density at radius 1 is 1.00 bits per heavy atom. The highest BCUT2D eigenvalue weighted by Crippen LogP contribution is 2.24. The molecule has 0 radical (unpaired) electrons. The van der Waals surface area contributed by atoms with E-state index in [1.807, 2.05) is 48.5 Å². The van der Waals surface area contributed by atoms with Crippen LogP contribution in [0.5, 0.6) is 11.5 Å². The standard InChI is InChI=1S/C24H23N3O3/c1-29-22-12-19(13-23(14-22)30-2)17-27(11-10-18-6-4-3-5-7-18)24(28)20-8-9-21(15-25)26-16-20/h3-9,12-14,16H,10-11,17H2,1-2H3. The minimum atomic E-state index is -0.148. The largest absolute Gasteiger partial charge is 0.497 e. The van der Waals surface area contributed by atoms with Crippen molar-refractivity contribution >= 4 is 5.91 Å². The first-order chi connectivity index (χ1) is 14.6. The molecule has 0 N–H and O–H groups in total. The first-order valence-electron chi connectivity index (χ1n) is 9.54. The predicted molar refractivity (Wildman–Crippen MR) is 113 cm³/mol. The van der Waals surface area contributed by atoms with Crippen molar-refractivity contribution in [3.8, 4) is 17.6 Å². The summed E-state index contributed by atoms with van der Waals surface area (Å²) in [7, 11) is 3.19. The minimum absolute atomic E-state index is 0.148. The molecule has 3 rings (SSSR count). The number of pyridine rings is 1. The van der Waals surface area contributed by atoms with Crippen LogP contribution in [-0.4, -0.2) is 36.6 Å². The monoisotopic (exact) mass is 401 g/mol. The molecule has 0 aliphatic heterocycles. The summed E-state index contributed by atoms with van der Waals surface area (Å²) in [6, 6.07) is 20.8. The number of carbonyl (C=O) groups excluding carboxylic acids is 1. The van der Waals surface area contributed by atoms with Gasteiger partial charge >= 0.3 is 0 Å². The fraction of sp³-hybridized carbons (Fsp3) is 0.208. The number of ether oxygens (including phenoxy) is 2. The molecule has 2 aromatic carbocycles. The number of methoxy groups -OCH3 is 2. The number of amides is 1. The van der Waals surface area contributed by atoms with E-state index in [1.54, 1.807) is 37.3 Å². The van der Waals surface area contributed by atoms with Crippen LogP contribution in [0.2, 0.25) is 0 Å². The highest BCUT2D eigenvalue weighted by Gasteiger charge is 2.18. The second-order valence-corrected chi connectivity index (χ2v) is 6.73. The molecule has 6 heteroatoms. The van der Waals surface area contributed by atoms with E-state index in [4.69, 9.17) is 14.7 Å². The average molecular weight is 401 g/mol. The zero-order valence-electron chi connectivity index (χ0n) is 17.0. The maximum atomic E-state index is 13.2. The first kappa shape index (κ1) is 20.9. The van der Waals surface area contributed by atoms with Crippen LogP contribution in [0.25, 0.3) is 0 Å². The van der Waals surface area contributed by atoms with Crippen molar-refractivity contribution in [2.45, 2.75) is 13.0 Å². The van der Waals surface area contributed by atoms with Gasteiger partial charge in [0.2, 0.25) is 0 Å². The Morgan fingerprint density at radius 2 is 1.70 bits per heavy atom. The van der Waals surface area contributed by atoms with Crippen LogP contribution in [0.3, 0.4) is 0 Å². The van der Waals surface area contributed by atoms with E-state index in [0.29, 0.717) is 30.2 Å². The van der Waals surface area contributed by atoms with E-state index in [1.165, 1.54) is 6.20 Å². The van der Waals surface area contributed by atoms with Crippen molar-refractivity contribution in [2.24, 2.45) is 0 Å².